The molecule has 0 aromatic carbocycles. The van der Waals surface area contributed by atoms with E-state index in [2.05, 4.69) is 15.5 Å². The highest BCUT2D eigenvalue weighted by Crippen LogP contribution is 2.15. The summed E-state index contributed by atoms with van der Waals surface area (Å²) in [5.74, 6) is -1.18. The van der Waals surface area contributed by atoms with Crippen LogP contribution in [-0.4, -0.2) is 28.1 Å². The molecule has 1 heterocycles. The average molecular weight is 263 g/mol. The molecule has 1 rings (SSSR count). The maximum atomic E-state index is 11.6. The van der Waals surface area contributed by atoms with Crippen molar-refractivity contribution in [1.82, 2.24) is 15.5 Å². The summed E-state index contributed by atoms with van der Waals surface area (Å²) in [5, 5.41) is 9.64. The van der Waals surface area contributed by atoms with Crippen molar-refractivity contribution in [1.29, 1.82) is 0 Å². The topological polar surface area (TPSA) is 98.0 Å². The minimum Gasteiger partial charge on any atom is -0.368 e. The number of carbonyl (C=O) groups excluding carboxylic acids is 2. The van der Waals surface area contributed by atoms with Crippen LogP contribution in [-0.2, 0) is 4.79 Å². The third kappa shape index (κ3) is 3.14. The summed E-state index contributed by atoms with van der Waals surface area (Å²) in [7, 11) is 0. The van der Waals surface area contributed by atoms with Gasteiger partial charge in [0.15, 0.2) is 0 Å². The molecule has 0 aliphatic rings. The van der Waals surface area contributed by atoms with Crippen molar-refractivity contribution in [3.63, 3.8) is 0 Å². The largest absolute Gasteiger partial charge is 0.368 e. The Morgan fingerprint density at radius 2 is 2.06 bits per heavy atom. The van der Waals surface area contributed by atoms with Gasteiger partial charge in [0.05, 0.1) is 0 Å². The second-order valence-corrected chi connectivity index (χ2v) is 5.02. The number of aromatic nitrogens is 2. The molecular weight excluding hydrogens is 252 g/mol. The zero-order valence-corrected chi connectivity index (χ0v) is 10.3. The fourth-order valence-corrected chi connectivity index (χ4v) is 1.80. The molecule has 1 aromatic heterocycles. The number of rotatable bonds is 4. The van der Waals surface area contributed by atoms with Crippen molar-refractivity contribution in [3.05, 3.63) is 9.47 Å². The minimum absolute atomic E-state index is 0.0927. The van der Waals surface area contributed by atoms with E-state index in [9.17, 15) is 9.59 Å². The van der Waals surface area contributed by atoms with Crippen LogP contribution in [0.5, 0.6) is 0 Å². The molecule has 0 saturated heterocycles. The molecule has 1 aromatic rings. The van der Waals surface area contributed by atoms with Crippen LogP contribution in [0.15, 0.2) is 0 Å². The van der Waals surface area contributed by atoms with Gasteiger partial charge in [0.1, 0.15) is 6.04 Å². The molecule has 1 unspecified atom stereocenters. The fourth-order valence-electron chi connectivity index (χ4n) is 1.07. The molecule has 2 amide bonds. The fraction of sp³-hybridized carbons (Fsp3) is 0.500. The van der Waals surface area contributed by atoms with Gasteiger partial charge in [0.2, 0.25) is 15.4 Å². The SMILES string of the molecule is CC(C)C(NC(=O)c1nnc(Cl)s1)C(N)=O. The Balaban J connectivity index is 2.73. The number of carbonyl (C=O) groups is 2. The van der Waals surface area contributed by atoms with E-state index in [1.807, 2.05) is 0 Å². The first kappa shape index (κ1) is 12.9. The normalized spacial score (nSPS) is 12.5. The highest BCUT2D eigenvalue weighted by atomic mass is 35.5. The Kier molecular flexibility index (Phi) is 4.19. The molecule has 0 fully saturated rings. The molecule has 0 spiro atoms. The summed E-state index contributed by atoms with van der Waals surface area (Å²) in [6, 6.07) is -0.727. The second-order valence-electron chi connectivity index (χ2n) is 3.46. The monoisotopic (exact) mass is 262 g/mol. The van der Waals surface area contributed by atoms with Crippen LogP contribution < -0.4 is 11.1 Å². The predicted octanol–water partition coefficient (Wildman–Crippen LogP) is 0.431. The Morgan fingerprint density at radius 1 is 1.44 bits per heavy atom. The van der Waals surface area contributed by atoms with E-state index in [0.717, 1.165) is 11.3 Å². The molecule has 0 saturated carbocycles. The minimum atomic E-state index is -0.727. The van der Waals surface area contributed by atoms with Crippen LogP contribution >= 0.6 is 22.9 Å². The first-order valence-electron chi connectivity index (χ1n) is 4.51. The molecule has 88 valence electrons. The number of hydrogen-bond acceptors (Lipinski definition) is 5. The zero-order valence-electron chi connectivity index (χ0n) is 8.73. The summed E-state index contributed by atoms with van der Waals surface area (Å²) in [6.45, 7) is 3.56. The number of halogens is 1. The number of amides is 2. The number of nitrogens with two attached hydrogens (primary N) is 1. The molecule has 0 aliphatic carbocycles. The van der Waals surface area contributed by atoms with Gasteiger partial charge in [-0.3, -0.25) is 9.59 Å². The van der Waals surface area contributed by atoms with Gasteiger partial charge in [0.25, 0.3) is 5.91 Å². The van der Waals surface area contributed by atoms with Crippen LogP contribution in [0, 0.1) is 5.92 Å². The summed E-state index contributed by atoms with van der Waals surface area (Å²) in [4.78, 5) is 22.7. The van der Waals surface area contributed by atoms with Crippen LogP contribution in [0.1, 0.15) is 23.6 Å². The molecule has 1 atom stereocenters. The van der Waals surface area contributed by atoms with Gasteiger partial charge in [0, 0.05) is 0 Å². The maximum Gasteiger partial charge on any atom is 0.282 e. The van der Waals surface area contributed by atoms with Crippen LogP contribution in [0.4, 0.5) is 0 Å². The first-order valence-corrected chi connectivity index (χ1v) is 5.70. The Labute approximate surface area is 101 Å². The molecule has 0 aliphatic heterocycles. The van der Waals surface area contributed by atoms with Crippen molar-refractivity contribution < 1.29 is 9.59 Å². The lowest BCUT2D eigenvalue weighted by Crippen LogP contribution is -2.47. The first-order chi connectivity index (χ1) is 7.41. The molecular formula is C8H11ClN4O2S. The van der Waals surface area contributed by atoms with Gasteiger partial charge < -0.3 is 11.1 Å². The van der Waals surface area contributed by atoms with E-state index < -0.39 is 17.9 Å². The van der Waals surface area contributed by atoms with Gasteiger partial charge in [-0.15, -0.1) is 10.2 Å². The van der Waals surface area contributed by atoms with Gasteiger partial charge in [-0.25, -0.2) is 0 Å². The van der Waals surface area contributed by atoms with Crippen LogP contribution in [0.2, 0.25) is 4.47 Å². The van der Waals surface area contributed by atoms with E-state index in [0.29, 0.717) is 0 Å². The van der Waals surface area contributed by atoms with Crippen molar-refractivity contribution in [2.24, 2.45) is 11.7 Å². The summed E-state index contributed by atoms with van der Waals surface area (Å²) < 4.78 is 0.172. The summed E-state index contributed by atoms with van der Waals surface area (Å²) in [5.41, 5.74) is 5.16. The van der Waals surface area contributed by atoms with E-state index in [1.165, 1.54) is 0 Å². The van der Waals surface area contributed by atoms with Crippen molar-refractivity contribution in [3.8, 4) is 0 Å². The third-order valence-corrected chi connectivity index (χ3v) is 2.87. The number of hydrogen-bond donors (Lipinski definition) is 2. The second kappa shape index (κ2) is 5.22. The van der Waals surface area contributed by atoms with Gasteiger partial charge >= 0.3 is 0 Å². The molecule has 16 heavy (non-hydrogen) atoms. The van der Waals surface area contributed by atoms with E-state index in [4.69, 9.17) is 17.3 Å². The van der Waals surface area contributed by atoms with E-state index >= 15 is 0 Å². The molecule has 3 N–H and O–H groups in total. The van der Waals surface area contributed by atoms with Crippen LogP contribution in [0.3, 0.4) is 0 Å². The summed E-state index contributed by atoms with van der Waals surface area (Å²) >= 11 is 6.48. The molecule has 0 bridgehead atoms. The highest BCUT2D eigenvalue weighted by Gasteiger charge is 2.23. The third-order valence-electron chi connectivity index (χ3n) is 1.85. The van der Waals surface area contributed by atoms with E-state index in [-0.39, 0.29) is 15.4 Å². The van der Waals surface area contributed by atoms with Crippen LogP contribution in [0.25, 0.3) is 0 Å². The van der Waals surface area contributed by atoms with Gasteiger partial charge in [-0.2, -0.15) is 0 Å². The zero-order chi connectivity index (χ0) is 12.3. The lowest BCUT2D eigenvalue weighted by molar-refractivity contribution is -0.120. The Hall–Kier alpha value is -1.21. The number of nitrogens with zero attached hydrogens (tertiary/aromatic N) is 2. The smallest absolute Gasteiger partial charge is 0.282 e. The lowest BCUT2D eigenvalue weighted by Gasteiger charge is -2.17. The molecule has 0 radical (unpaired) electrons. The molecule has 6 nitrogen and oxygen atoms in total. The Bertz CT molecular complexity index is 406. The standard InChI is InChI=1S/C8H11ClN4O2S/c1-3(2)4(5(10)14)11-6(15)7-12-13-8(9)16-7/h3-4H,1-2H3,(H2,10,14)(H,11,15). The number of nitrogens with one attached hydrogen (secondary N) is 1. The average Bonchev–Trinajstić information content (AvgIpc) is 2.59. The van der Waals surface area contributed by atoms with E-state index in [1.54, 1.807) is 13.8 Å². The van der Waals surface area contributed by atoms with Crippen molar-refractivity contribution in [2.75, 3.05) is 0 Å². The predicted molar refractivity (Wildman–Crippen MR) is 60.2 cm³/mol. The van der Waals surface area contributed by atoms with Gasteiger partial charge in [-0.05, 0) is 17.5 Å². The number of primary amides is 1. The van der Waals surface area contributed by atoms with Gasteiger partial charge in [-0.1, -0.05) is 25.2 Å². The van der Waals surface area contributed by atoms with Crippen molar-refractivity contribution >= 4 is 34.8 Å². The Morgan fingerprint density at radius 3 is 2.44 bits per heavy atom. The lowest BCUT2D eigenvalue weighted by atomic mass is 10.0. The quantitative estimate of drug-likeness (QED) is 0.822. The molecule has 8 heteroatoms. The van der Waals surface area contributed by atoms with Crippen molar-refractivity contribution in [2.45, 2.75) is 19.9 Å². The maximum absolute atomic E-state index is 11.6. The summed E-state index contributed by atoms with van der Waals surface area (Å²) in [6.07, 6.45) is 0. The highest BCUT2D eigenvalue weighted by molar-refractivity contribution is 7.17.